The summed E-state index contributed by atoms with van der Waals surface area (Å²) in [5.74, 6) is -0.0245. The molecule has 108 valence electrons. The number of phenols is 1. The van der Waals surface area contributed by atoms with Crippen LogP contribution in [-0.2, 0) is 0 Å². The molecule has 2 aromatic rings. The zero-order valence-corrected chi connectivity index (χ0v) is 12.2. The number of aromatic amines is 1. The molecule has 3 N–H and O–H groups in total. The summed E-state index contributed by atoms with van der Waals surface area (Å²) in [5.41, 5.74) is 2.20. The number of nitrogens with one attached hydrogen (secondary N) is 2. The fourth-order valence-electron chi connectivity index (χ4n) is 2.19. The molecule has 0 radical (unpaired) electrons. The van der Waals surface area contributed by atoms with E-state index in [1.165, 1.54) is 12.1 Å². The quantitative estimate of drug-likeness (QED) is 0.591. The smallest absolute Gasteiger partial charge is 0.195 e. The predicted molar refractivity (Wildman–Crippen MR) is 84.3 cm³/mol. The molecule has 0 atom stereocenters. The average Bonchev–Trinajstić information content (AvgIpc) is 2.73. The minimum Gasteiger partial charge on any atom is -0.508 e. The highest BCUT2D eigenvalue weighted by atomic mass is 16.3. The number of ketones is 1. The van der Waals surface area contributed by atoms with Gasteiger partial charge >= 0.3 is 0 Å². The van der Waals surface area contributed by atoms with Crippen molar-refractivity contribution in [3.8, 4) is 5.75 Å². The third-order valence-electron chi connectivity index (χ3n) is 3.36. The Morgan fingerprint density at radius 3 is 2.57 bits per heavy atom. The van der Waals surface area contributed by atoms with Crippen LogP contribution in [0, 0.1) is 12.3 Å². The van der Waals surface area contributed by atoms with Crippen molar-refractivity contribution in [1.29, 1.82) is 5.41 Å². The molecule has 4 nitrogen and oxygen atoms in total. The molecule has 1 aromatic carbocycles. The Balaban J connectivity index is 2.61. The van der Waals surface area contributed by atoms with Crippen LogP contribution in [0.15, 0.2) is 24.3 Å². The number of rotatable bonds is 4. The molecule has 0 aliphatic rings. The van der Waals surface area contributed by atoms with Gasteiger partial charge in [0.15, 0.2) is 5.78 Å². The summed E-state index contributed by atoms with van der Waals surface area (Å²) < 4.78 is 0. The maximum absolute atomic E-state index is 12.7. The van der Waals surface area contributed by atoms with Crippen molar-refractivity contribution in [2.45, 2.75) is 20.3 Å². The van der Waals surface area contributed by atoms with Gasteiger partial charge in [-0.15, -0.1) is 0 Å². The lowest BCUT2D eigenvalue weighted by atomic mass is 10.0. The maximum atomic E-state index is 12.7. The van der Waals surface area contributed by atoms with Gasteiger partial charge in [-0.25, -0.2) is 0 Å². The molecule has 0 saturated carbocycles. The lowest BCUT2D eigenvalue weighted by Crippen LogP contribution is -2.27. The Bertz CT molecular complexity index is 799. The van der Waals surface area contributed by atoms with Crippen LogP contribution in [0.5, 0.6) is 5.75 Å². The number of hydrogen-bond donors (Lipinski definition) is 3. The van der Waals surface area contributed by atoms with Gasteiger partial charge in [0.05, 0.1) is 5.56 Å². The van der Waals surface area contributed by atoms with Gasteiger partial charge in [0.25, 0.3) is 0 Å². The molecule has 21 heavy (non-hydrogen) atoms. The normalized spacial score (nSPS) is 11.6. The van der Waals surface area contributed by atoms with Crippen molar-refractivity contribution in [3.63, 3.8) is 0 Å². The number of phenolic OH excluding ortho intramolecular Hbond substituents is 1. The Morgan fingerprint density at radius 2 is 2.00 bits per heavy atom. The Hall–Kier alpha value is -2.62. The topological polar surface area (TPSA) is 76.9 Å². The molecular weight excluding hydrogens is 264 g/mol. The summed E-state index contributed by atoms with van der Waals surface area (Å²) in [6.07, 6.45) is 2.27. The second kappa shape index (κ2) is 5.79. The van der Waals surface area contributed by atoms with Gasteiger partial charge in [0, 0.05) is 27.5 Å². The van der Waals surface area contributed by atoms with Crippen LogP contribution >= 0.6 is 0 Å². The Labute approximate surface area is 123 Å². The number of carbonyl (C=O) groups excluding carboxylic acids is 1. The number of hydrogen-bond acceptors (Lipinski definition) is 3. The first-order valence-electron chi connectivity index (χ1n) is 6.74. The standard InChI is InChI=1S/C17H18N2O2/c1-4-13(18)9-15-10(2)19-11(3)16(15)17(21)12-5-7-14(20)8-6-12/h5-9,18-20H,2,4H2,1,3H3/b15-9+,18-13?. The van der Waals surface area contributed by atoms with Crippen LogP contribution < -0.4 is 10.6 Å². The van der Waals surface area contributed by atoms with Crippen molar-refractivity contribution in [1.82, 2.24) is 4.98 Å². The van der Waals surface area contributed by atoms with E-state index >= 15 is 0 Å². The Kier molecular flexibility index (Phi) is 4.08. The first kappa shape index (κ1) is 14.8. The SMILES string of the molecule is C=c1[nH]c(C)c(C(=O)c2ccc(O)cc2)/c1=C/C(=N)CC. The predicted octanol–water partition coefficient (Wildman–Crippen LogP) is 1.88. The van der Waals surface area contributed by atoms with Gasteiger partial charge in [0.2, 0.25) is 0 Å². The number of aromatic hydroxyl groups is 1. The molecule has 0 saturated heterocycles. The lowest BCUT2D eigenvalue weighted by Gasteiger charge is -2.01. The molecule has 0 unspecified atom stereocenters. The second-order valence-corrected chi connectivity index (χ2v) is 4.92. The summed E-state index contributed by atoms with van der Waals surface area (Å²) in [5, 5.41) is 18.4. The van der Waals surface area contributed by atoms with E-state index in [1.807, 2.05) is 13.8 Å². The van der Waals surface area contributed by atoms with Crippen molar-refractivity contribution >= 4 is 24.1 Å². The van der Waals surface area contributed by atoms with Crippen LogP contribution in [0.2, 0.25) is 0 Å². The zero-order chi connectivity index (χ0) is 15.6. The number of aryl methyl sites for hydroxylation is 1. The van der Waals surface area contributed by atoms with Crippen LogP contribution in [0.3, 0.4) is 0 Å². The maximum Gasteiger partial charge on any atom is 0.195 e. The minimum absolute atomic E-state index is 0.120. The molecule has 1 aromatic heterocycles. The highest BCUT2D eigenvalue weighted by Crippen LogP contribution is 2.13. The van der Waals surface area contributed by atoms with Crippen molar-refractivity contribution in [2.24, 2.45) is 0 Å². The molecule has 4 heteroatoms. The monoisotopic (exact) mass is 282 g/mol. The van der Waals surface area contributed by atoms with Crippen molar-refractivity contribution in [3.05, 3.63) is 51.7 Å². The van der Waals surface area contributed by atoms with Crippen LogP contribution in [-0.4, -0.2) is 21.6 Å². The van der Waals surface area contributed by atoms with Gasteiger partial charge in [-0.1, -0.05) is 13.5 Å². The first-order valence-corrected chi connectivity index (χ1v) is 6.74. The average molecular weight is 282 g/mol. The molecule has 1 heterocycles. The molecule has 0 aliphatic heterocycles. The number of benzene rings is 1. The van der Waals surface area contributed by atoms with E-state index < -0.39 is 0 Å². The molecule has 0 aliphatic carbocycles. The lowest BCUT2D eigenvalue weighted by molar-refractivity contribution is 0.103. The summed E-state index contributed by atoms with van der Waals surface area (Å²) in [6.45, 7) is 7.61. The van der Waals surface area contributed by atoms with Gasteiger partial charge < -0.3 is 15.5 Å². The second-order valence-electron chi connectivity index (χ2n) is 4.92. The van der Waals surface area contributed by atoms with Gasteiger partial charge in [-0.2, -0.15) is 0 Å². The van der Waals surface area contributed by atoms with E-state index in [9.17, 15) is 9.90 Å². The first-order chi connectivity index (χ1) is 9.93. The molecule has 0 bridgehead atoms. The van der Waals surface area contributed by atoms with E-state index in [2.05, 4.69) is 11.6 Å². The number of H-pyrrole nitrogens is 1. The van der Waals surface area contributed by atoms with Crippen LogP contribution in [0.4, 0.5) is 0 Å². The summed E-state index contributed by atoms with van der Waals surface area (Å²) in [4.78, 5) is 15.7. The number of aromatic nitrogens is 1. The summed E-state index contributed by atoms with van der Waals surface area (Å²) >= 11 is 0. The Morgan fingerprint density at radius 1 is 1.38 bits per heavy atom. The third-order valence-corrected chi connectivity index (χ3v) is 3.36. The van der Waals surface area contributed by atoms with Gasteiger partial charge in [-0.3, -0.25) is 4.79 Å². The molecule has 0 fully saturated rings. The highest BCUT2D eigenvalue weighted by molar-refractivity contribution is 6.13. The van der Waals surface area contributed by atoms with E-state index in [-0.39, 0.29) is 11.5 Å². The van der Waals surface area contributed by atoms with E-state index in [0.717, 1.165) is 5.69 Å². The van der Waals surface area contributed by atoms with Crippen LogP contribution in [0.25, 0.3) is 12.7 Å². The molecule has 2 rings (SSSR count). The molecular formula is C17H18N2O2. The van der Waals surface area contributed by atoms with E-state index in [1.54, 1.807) is 18.2 Å². The van der Waals surface area contributed by atoms with E-state index in [4.69, 9.17) is 5.41 Å². The van der Waals surface area contributed by atoms with Gasteiger partial charge in [0.1, 0.15) is 5.75 Å². The summed E-state index contributed by atoms with van der Waals surface area (Å²) in [6, 6.07) is 6.14. The fraction of sp³-hybridized carbons (Fsp3) is 0.176. The van der Waals surface area contributed by atoms with Crippen molar-refractivity contribution < 1.29 is 9.90 Å². The van der Waals surface area contributed by atoms with Crippen LogP contribution in [0.1, 0.15) is 35.0 Å². The third kappa shape index (κ3) is 2.94. The minimum atomic E-state index is -0.145. The molecule has 0 spiro atoms. The van der Waals surface area contributed by atoms with Gasteiger partial charge in [-0.05, 0) is 43.7 Å². The van der Waals surface area contributed by atoms with E-state index in [0.29, 0.717) is 33.8 Å². The largest absolute Gasteiger partial charge is 0.508 e. The zero-order valence-electron chi connectivity index (χ0n) is 12.2. The molecule has 0 amide bonds. The van der Waals surface area contributed by atoms with Crippen molar-refractivity contribution in [2.75, 3.05) is 0 Å². The number of carbonyl (C=O) groups is 1. The highest BCUT2D eigenvalue weighted by Gasteiger charge is 2.15. The fourth-order valence-corrected chi connectivity index (χ4v) is 2.19. The summed E-state index contributed by atoms with van der Waals surface area (Å²) in [7, 11) is 0.